The fourth-order valence-electron chi connectivity index (χ4n) is 1.71. The predicted octanol–water partition coefficient (Wildman–Crippen LogP) is 2.55. The van der Waals surface area contributed by atoms with Gasteiger partial charge < -0.3 is 4.90 Å². The van der Waals surface area contributed by atoms with Crippen LogP contribution in [0.15, 0.2) is 42.7 Å². The van der Waals surface area contributed by atoms with E-state index in [0.717, 1.165) is 11.4 Å². The highest BCUT2D eigenvalue weighted by atomic mass is 15.1. The van der Waals surface area contributed by atoms with Crippen LogP contribution in [-0.2, 0) is 0 Å². The minimum Gasteiger partial charge on any atom is -0.365 e. The molecule has 0 aromatic carbocycles. The van der Waals surface area contributed by atoms with Crippen molar-refractivity contribution in [1.82, 2.24) is 9.97 Å². The zero-order valence-corrected chi connectivity index (χ0v) is 10.4. The van der Waals surface area contributed by atoms with Crippen molar-refractivity contribution in [3.8, 4) is 6.07 Å². The van der Waals surface area contributed by atoms with E-state index in [4.69, 9.17) is 5.26 Å². The summed E-state index contributed by atoms with van der Waals surface area (Å²) in [6.07, 6.45) is 3.49. The molecule has 2 rings (SSSR count). The van der Waals surface area contributed by atoms with Gasteiger partial charge in [0.25, 0.3) is 0 Å². The molecule has 0 bridgehead atoms. The van der Waals surface area contributed by atoms with Crippen molar-refractivity contribution < 1.29 is 0 Å². The maximum atomic E-state index is 8.72. The molecule has 0 spiro atoms. The number of hydrogen-bond acceptors (Lipinski definition) is 4. The second-order valence-corrected chi connectivity index (χ2v) is 4.05. The summed E-state index contributed by atoms with van der Waals surface area (Å²) in [5.41, 5.74) is 2.40. The lowest BCUT2D eigenvalue weighted by molar-refractivity contribution is 0.713. The van der Waals surface area contributed by atoms with Crippen LogP contribution in [0.2, 0.25) is 0 Å². The largest absolute Gasteiger partial charge is 0.365 e. The van der Waals surface area contributed by atoms with Crippen molar-refractivity contribution in [2.45, 2.75) is 13.0 Å². The first-order chi connectivity index (χ1) is 8.72. The standard InChI is InChI=1S/C14H14N4/c1-11(14-5-3-4-8-16-14)18(2)13-7-6-12(9-15)17-10-13/h3-8,10-11H,1-2H3/t11-/m0/s1. The van der Waals surface area contributed by atoms with Crippen molar-refractivity contribution >= 4 is 5.69 Å². The van der Waals surface area contributed by atoms with Crippen molar-refractivity contribution in [2.24, 2.45) is 0 Å². The molecule has 0 N–H and O–H groups in total. The van der Waals surface area contributed by atoms with Gasteiger partial charge in [0.2, 0.25) is 0 Å². The van der Waals surface area contributed by atoms with Gasteiger partial charge in [0.15, 0.2) is 0 Å². The molecule has 2 aromatic rings. The third-order valence-electron chi connectivity index (χ3n) is 2.97. The molecule has 0 saturated heterocycles. The van der Waals surface area contributed by atoms with Crippen LogP contribution in [0.5, 0.6) is 0 Å². The maximum absolute atomic E-state index is 8.72. The van der Waals surface area contributed by atoms with Gasteiger partial charge in [-0.15, -0.1) is 0 Å². The average molecular weight is 238 g/mol. The Hall–Kier alpha value is -2.41. The Balaban J connectivity index is 2.20. The monoisotopic (exact) mass is 238 g/mol. The molecule has 0 fully saturated rings. The SMILES string of the molecule is C[C@@H](c1ccccn1)N(C)c1ccc(C#N)nc1. The fraction of sp³-hybridized carbons (Fsp3) is 0.214. The lowest BCUT2D eigenvalue weighted by Gasteiger charge is -2.26. The van der Waals surface area contributed by atoms with Gasteiger partial charge in [-0.05, 0) is 31.2 Å². The molecule has 0 aliphatic rings. The van der Waals surface area contributed by atoms with Gasteiger partial charge in [0.1, 0.15) is 11.8 Å². The van der Waals surface area contributed by atoms with Crippen molar-refractivity contribution in [3.05, 3.63) is 54.1 Å². The first kappa shape index (κ1) is 12.1. The van der Waals surface area contributed by atoms with Crippen LogP contribution in [0.25, 0.3) is 0 Å². The van der Waals surface area contributed by atoms with Crippen LogP contribution in [0, 0.1) is 11.3 Å². The Morgan fingerprint density at radius 2 is 2.06 bits per heavy atom. The van der Waals surface area contributed by atoms with Crippen LogP contribution in [0.1, 0.15) is 24.4 Å². The summed E-state index contributed by atoms with van der Waals surface area (Å²) < 4.78 is 0. The molecule has 0 radical (unpaired) electrons. The molecule has 2 heterocycles. The number of pyridine rings is 2. The molecule has 4 nitrogen and oxygen atoms in total. The van der Waals surface area contributed by atoms with E-state index in [1.54, 1.807) is 18.5 Å². The van der Waals surface area contributed by atoms with Crippen molar-refractivity contribution in [2.75, 3.05) is 11.9 Å². The third-order valence-corrected chi connectivity index (χ3v) is 2.97. The summed E-state index contributed by atoms with van der Waals surface area (Å²) in [4.78, 5) is 10.5. The molecule has 0 amide bonds. The van der Waals surface area contributed by atoms with Crippen LogP contribution >= 0.6 is 0 Å². The van der Waals surface area contributed by atoms with E-state index < -0.39 is 0 Å². The quantitative estimate of drug-likeness (QED) is 0.824. The Kier molecular flexibility index (Phi) is 3.54. The topological polar surface area (TPSA) is 52.8 Å². The lowest BCUT2D eigenvalue weighted by atomic mass is 10.2. The highest BCUT2D eigenvalue weighted by Crippen LogP contribution is 2.22. The summed E-state index contributed by atoms with van der Waals surface area (Å²) in [6.45, 7) is 2.08. The zero-order chi connectivity index (χ0) is 13.0. The average Bonchev–Trinajstić information content (AvgIpc) is 2.47. The highest BCUT2D eigenvalue weighted by Gasteiger charge is 2.13. The molecule has 0 aliphatic heterocycles. The summed E-state index contributed by atoms with van der Waals surface area (Å²) in [6, 6.07) is 11.7. The first-order valence-corrected chi connectivity index (χ1v) is 5.72. The van der Waals surface area contributed by atoms with Gasteiger partial charge in [-0.3, -0.25) is 4.98 Å². The van der Waals surface area contributed by atoms with E-state index in [1.165, 1.54) is 0 Å². The maximum Gasteiger partial charge on any atom is 0.140 e. The lowest BCUT2D eigenvalue weighted by Crippen LogP contribution is -2.22. The van der Waals surface area contributed by atoms with E-state index in [1.807, 2.05) is 37.4 Å². The molecule has 0 unspecified atom stereocenters. The molecule has 0 saturated carbocycles. The molecular weight excluding hydrogens is 224 g/mol. The molecule has 2 aromatic heterocycles. The zero-order valence-electron chi connectivity index (χ0n) is 10.4. The summed E-state index contributed by atoms with van der Waals surface area (Å²) in [7, 11) is 1.99. The van der Waals surface area contributed by atoms with Gasteiger partial charge in [0.05, 0.1) is 23.6 Å². The van der Waals surface area contributed by atoms with Gasteiger partial charge in [0, 0.05) is 13.2 Å². The molecule has 4 heteroatoms. The van der Waals surface area contributed by atoms with Crippen molar-refractivity contribution in [1.29, 1.82) is 5.26 Å². The molecule has 0 aliphatic carbocycles. The first-order valence-electron chi connectivity index (χ1n) is 5.72. The number of rotatable bonds is 3. The Labute approximate surface area is 107 Å². The van der Waals surface area contributed by atoms with E-state index in [-0.39, 0.29) is 6.04 Å². The van der Waals surface area contributed by atoms with Crippen LogP contribution < -0.4 is 4.90 Å². The second-order valence-electron chi connectivity index (χ2n) is 4.05. The smallest absolute Gasteiger partial charge is 0.140 e. The Morgan fingerprint density at radius 3 is 2.61 bits per heavy atom. The third kappa shape index (κ3) is 2.46. The van der Waals surface area contributed by atoms with Crippen LogP contribution in [-0.4, -0.2) is 17.0 Å². The minimum atomic E-state index is 0.154. The number of nitriles is 1. The molecule has 90 valence electrons. The predicted molar refractivity (Wildman–Crippen MR) is 70.0 cm³/mol. The number of nitrogens with zero attached hydrogens (tertiary/aromatic N) is 4. The van der Waals surface area contributed by atoms with Gasteiger partial charge >= 0.3 is 0 Å². The molecule has 1 atom stereocenters. The normalized spacial score (nSPS) is 11.6. The van der Waals surface area contributed by atoms with Crippen LogP contribution in [0.4, 0.5) is 5.69 Å². The molecular formula is C14H14N4. The summed E-state index contributed by atoms with van der Waals surface area (Å²) in [5, 5.41) is 8.72. The van der Waals surface area contributed by atoms with E-state index in [0.29, 0.717) is 5.69 Å². The van der Waals surface area contributed by atoms with Crippen LogP contribution in [0.3, 0.4) is 0 Å². The van der Waals surface area contributed by atoms with Crippen molar-refractivity contribution in [3.63, 3.8) is 0 Å². The van der Waals surface area contributed by atoms with E-state index >= 15 is 0 Å². The summed E-state index contributed by atoms with van der Waals surface area (Å²) >= 11 is 0. The fourth-order valence-corrected chi connectivity index (χ4v) is 1.71. The van der Waals surface area contributed by atoms with E-state index in [2.05, 4.69) is 21.8 Å². The Bertz CT molecular complexity index is 542. The van der Waals surface area contributed by atoms with E-state index in [9.17, 15) is 0 Å². The van der Waals surface area contributed by atoms with Gasteiger partial charge in [-0.2, -0.15) is 5.26 Å². The molecule has 18 heavy (non-hydrogen) atoms. The number of hydrogen-bond donors (Lipinski definition) is 0. The number of aromatic nitrogens is 2. The Morgan fingerprint density at radius 1 is 1.22 bits per heavy atom. The minimum absolute atomic E-state index is 0.154. The van der Waals surface area contributed by atoms with Gasteiger partial charge in [-0.25, -0.2) is 4.98 Å². The number of anilines is 1. The second kappa shape index (κ2) is 5.28. The summed E-state index contributed by atoms with van der Waals surface area (Å²) in [5.74, 6) is 0. The highest BCUT2D eigenvalue weighted by molar-refractivity contribution is 5.46. The van der Waals surface area contributed by atoms with Gasteiger partial charge in [-0.1, -0.05) is 6.07 Å².